The van der Waals surface area contributed by atoms with Crippen LogP contribution in [0.25, 0.3) is 0 Å². The molecule has 0 aliphatic rings. The number of thioether (sulfide) groups is 1. The minimum atomic E-state index is -1.66. The molecule has 0 unspecified atom stereocenters. The topological polar surface area (TPSA) is 64.1 Å². The van der Waals surface area contributed by atoms with Crippen molar-refractivity contribution < 1.29 is 8.91 Å². The van der Waals surface area contributed by atoms with E-state index in [2.05, 4.69) is 41.5 Å². The van der Waals surface area contributed by atoms with Crippen molar-refractivity contribution in [3.63, 3.8) is 0 Å². The Morgan fingerprint density at radius 2 is 1.71 bits per heavy atom. The molecule has 0 saturated heterocycles. The minimum Gasteiger partial charge on any atom is -0.455 e. The van der Waals surface area contributed by atoms with Gasteiger partial charge in [0.05, 0.1) is 0 Å². The zero-order chi connectivity index (χ0) is 18.1. The van der Waals surface area contributed by atoms with Gasteiger partial charge in [-0.15, -0.1) is 0 Å². The molecule has 8 heteroatoms. The number of hydrogen-bond acceptors (Lipinski definition) is 5. The van der Waals surface area contributed by atoms with Crippen molar-refractivity contribution in [3.05, 3.63) is 18.5 Å². The first-order chi connectivity index (χ1) is 11.2. The average molecular weight is 386 g/mol. The van der Waals surface area contributed by atoms with Gasteiger partial charge in [-0.1, -0.05) is 11.8 Å². The Morgan fingerprint density at radius 3 is 2.29 bits per heavy atom. The lowest BCUT2D eigenvalue weighted by Crippen LogP contribution is -2.44. The highest BCUT2D eigenvalue weighted by atomic mass is 32.2. The Bertz CT molecular complexity index is 501. The first-order valence-electron chi connectivity index (χ1n) is 8.55. The van der Waals surface area contributed by atoms with Gasteiger partial charge in [-0.25, -0.2) is 9.97 Å². The molecule has 136 valence electrons. The van der Waals surface area contributed by atoms with Crippen LogP contribution >= 0.6 is 11.8 Å². The van der Waals surface area contributed by atoms with Crippen LogP contribution in [0.5, 0.6) is 0 Å². The van der Waals surface area contributed by atoms with E-state index in [9.17, 15) is 4.79 Å². The Balaban J connectivity index is 2.26. The molecule has 1 rings (SSSR count). The van der Waals surface area contributed by atoms with E-state index in [0.717, 1.165) is 42.4 Å². The van der Waals surface area contributed by atoms with Gasteiger partial charge in [-0.05, 0) is 57.2 Å². The maximum absolute atomic E-state index is 10.9. The SMILES string of the molecule is CC(=O)NCCC[Si](C)(C)O[Si](C)(C)CCCSc1ncccn1. The van der Waals surface area contributed by atoms with Gasteiger partial charge in [0, 0.05) is 31.6 Å². The second-order valence-corrected chi connectivity index (χ2v) is 17.1. The molecular formula is C16H31N3O2SSi2. The van der Waals surface area contributed by atoms with Gasteiger partial charge in [-0.2, -0.15) is 0 Å². The molecule has 0 aliphatic heterocycles. The van der Waals surface area contributed by atoms with Crippen LogP contribution in [0.4, 0.5) is 0 Å². The number of nitrogens with one attached hydrogen (secondary N) is 1. The van der Waals surface area contributed by atoms with E-state index in [1.165, 1.54) is 0 Å². The molecule has 0 atom stereocenters. The van der Waals surface area contributed by atoms with Crippen molar-refractivity contribution in [1.29, 1.82) is 0 Å². The molecule has 1 N–H and O–H groups in total. The summed E-state index contributed by atoms with van der Waals surface area (Å²) in [6, 6.07) is 4.10. The molecule has 0 aliphatic carbocycles. The third kappa shape index (κ3) is 10.2. The normalized spacial score (nSPS) is 12.2. The highest BCUT2D eigenvalue weighted by Gasteiger charge is 2.32. The predicted octanol–water partition coefficient (Wildman–Crippen LogP) is 3.91. The van der Waals surface area contributed by atoms with Gasteiger partial charge in [0.2, 0.25) is 5.91 Å². The van der Waals surface area contributed by atoms with Crippen molar-refractivity contribution in [2.24, 2.45) is 0 Å². The quantitative estimate of drug-likeness (QED) is 0.271. The zero-order valence-corrected chi connectivity index (χ0v) is 18.4. The molecule has 1 amide bonds. The summed E-state index contributed by atoms with van der Waals surface area (Å²) in [6.07, 6.45) is 5.71. The van der Waals surface area contributed by atoms with E-state index in [1.807, 2.05) is 6.07 Å². The van der Waals surface area contributed by atoms with Crippen molar-refractivity contribution in [1.82, 2.24) is 15.3 Å². The van der Waals surface area contributed by atoms with Gasteiger partial charge in [0.25, 0.3) is 0 Å². The fourth-order valence-corrected chi connectivity index (χ4v) is 12.5. The third-order valence-corrected chi connectivity index (χ3v) is 12.1. The van der Waals surface area contributed by atoms with E-state index >= 15 is 0 Å². The molecule has 0 aromatic carbocycles. The molecular weight excluding hydrogens is 354 g/mol. The van der Waals surface area contributed by atoms with E-state index in [0.29, 0.717) is 0 Å². The predicted molar refractivity (Wildman–Crippen MR) is 106 cm³/mol. The lowest BCUT2D eigenvalue weighted by Gasteiger charge is -2.34. The van der Waals surface area contributed by atoms with E-state index in [1.54, 1.807) is 31.1 Å². The summed E-state index contributed by atoms with van der Waals surface area (Å²) in [7, 11) is -3.29. The lowest BCUT2D eigenvalue weighted by atomic mass is 10.5. The number of hydrogen-bond donors (Lipinski definition) is 1. The van der Waals surface area contributed by atoms with Crippen LogP contribution in [0.2, 0.25) is 38.3 Å². The van der Waals surface area contributed by atoms with E-state index in [-0.39, 0.29) is 5.91 Å². The van der Waals surface area contributed by atoms with Crippen LogP contribution in [0, 0.1) is 0 Å². The second-order valence-electron chi connectivity index (χ2n) is 7.19. The van der Waals surface area contributed by atoms with Crippen molar-refractivity contribution in [3.8, 4) is 0 Å². The Hall–Kier alpha value is -0.706. The summed E-state index contributed by atoms with van der Waals surface area (Å²) in [4.78, 5) is 19.4. The first kappa shape index (κ1) is 21.3. The molecule has 0 radical (unpaired) electrons. The van der Waals surface area contributed by atoms with Crippen LogP contribution in [0.1, 0.15) is 19.8 Å². The summed E-state index contributed by atoms with van der Waals surface area (Å²) < 4.78 is 6.61. The Labute approximate surface area is 152 Å². The van der Waals surface area contributed by atoms with Gasteiger partial charge in [0.15, 0.2) is 21.8 Å². The Morgan fingerprint density at radius 1 is 1.12 bits per heavy atom. The number of carbonyl (C=O) groups excluding carboxylic acids is 1. The monoisotopic (exact) mass is 385 g/mol. The minimum absolute atomic E-state index is 0.0463. The third-order valence-electron chi connectivity index (χ3n) is 3.58. The molecule has 24 heavy (non-hydrogen) atoms. The van der Waals surface area contributed by atoms with Crippen LogP contribution in [0.15, 0.2) is 23.6 Å². The molecule has 0 fully saturated rings. The number of nitrogens with zero attached hydrogens (tertiary/aromatic N) is 2. The van der Waals surface area contributed by atoms with Crippen molar-refractivity contribution in [2.75, 3.05) is 12.3 Å². The maximum Gasteiger partial charge on any atom is 0.216 e. The van der Waals surface area contributed by atoms with Gasteiger partial charge in [-0.3, -0.25) is 4.79 Å². The van der Waals surface area contributed by atoms with Crippen molar-refractivity contribution in [2.45, 2.75) is 63.2 Å². The van der Waals surface area contributed by atoms with Crippen LogP contribution < -0.4 is 5.32 Å². The Kier molecular flexibility index (Phi) is 9.18. The molecule has 1 heterocycles. The fraction of sp³-hybridized carbons (Fsp3) is 0.688. The summed E-state index contributed by atoms with van der Waals surface area (Å²) in [5, 5.41) is 3.72. The summed E-state index contributed by atoms with van der Waals surface area (Å²) in [5.41, 5.74) is 0. The van der Waals surface area contributed by atoms with Gasteiger partial charge >= 0.3 is 0 Å². The number of carbonyl (C=O) groups is 1. The lowest BCUT2D eigenvalue weighted by molar-refractivity contribution is -0.118. The largest absolute Gasteiger partial charge is 0.455 e. The highest BCUT2D eigenvalue weighted by molar-refractivity contribution is 7.99. The molecule has 1 aromatic rings. The summed E-state index contributed by atoms with van der Waals surface area (Å²) >= 11 is 1.71. The molecule has 0 spiro atoms. The number of rotatable bonds is 11. The summed E-state index contributed by atoms with van der Waals surface area (Å²) in [6.45, 7) is 11.5. The molecule has 5 nitrogen and oxygen atoms in total. The maximum atomic E-state index is 10.9. The average Bonchev–Trinajstić information content (AvgIpc) is 2.48. The smallest absolute Gasteiger partial charge is 0.216 e. The molecule has 0 bridgehead atoms. The number of amides is 1. The fourth-order valence-electron chi connectivity index (χ4n) is 2.65. The van der Waals surface area contributed by atoms with Crippen molar-refractivity contribution >= 4 is 34.3 Å². The summed E-state index contributed by atoms with van der Waals surface area (Å²) in [5.74, 6) is 1.08. The van der Waals surface area contributed by atoms with Gasteiger partial charge in [0.1, 0.15) is 0 Å². The zero-order valence-electron chi connectivity index (χ0n) is 15.6. The highest BCUT2D eigenvalue weighted by Crippen LogP contribution is 2.25. The van der Waals surface area contributed by atoms with Crippen LogP contribution in [0.3, 0.4) is 0 Å². The first-order valence-corrected chi connectivity index (χ1v) is 15.8. The van der Waals surface area contributed by atoms with E-state index < -0.39 is 16.6 Å². The van der Waals surface area contributed by atoms with E-state index in [4.69, 9.17) is 4.12 Å². The second kappa shape index (κ2) is 10.3. The van der Waals surface area contributed by atoms with Crippen LogP contribution in [-0.2, 0) is 8.91 Å². The van der Waals surface area contributed by atoms with Gasteiger partial charge < -0.3 is 9.43 Å². The van der Waals surface area contributed by atoms with Crippen LogP contribution in [-0.4, -0.2) is 44.8 Å². The number of aromatic nitrogens is 2. The molecule has 1 aromatic heterocycles. The molecule has 0 saturated carbocycles. The standard InChI is InChI=1S/C16H31N3O2SSi2/c1-15(20)17-11-7-13-23(2,3)21-24(4,5)14-8-12-22-16-18-9-6-10-19-16/h6,9-10H,7-8,11-14H2,1-5H3,(H,17,20).